The molecule has 7 rings (SSSR count). The minimum absolute atomic E-state index is 0.00527. The molecule has 5 aromatic rings. The molecule has 198 valence electrons. The number of β-lactam (4-membered cyclic amide) rings is 1. The fraction of sp³-hybridized carbons (Fsp3) is 0.167. The average Bonchev–Trinajstić information content (AvgIpc) is 2.94. The van der Waals surface area contributed by atoms with E-state index in [0.29, 0.717) is 11.4 Å². The summed E-state index contributed by atoms with van der Waals surface area (Å²) in [6.07, 6.45) is -0.369. The second-order valence-electron chi connectivity index (χ2n) is 9.99. The van der Waals surface area contributed by atoms with Gasteiger partial charge in [0, 0.05) is 18.5 Å². The predicted octanol–water partition coefficient (Wildman–Crippen LogP) is 4.85. The Morgan fingerprint density at radius 2 is 1.60 bits per heavy atom. The van der Waals surface area contributed by atoms with E-state index in [1.807, 2.05) is 60.7 Å². The third-order valence-corrected chi connectivity index (χ3v) is 9.06. The van der Waals surface area contributed by atoms with Crippen LogP contribution in [0.25, 0.3) is 32.3 Å². The number of hydrogen-bond donors (Lipinski definition) is 0. The number of pyridine rings is 1. The predicted molar refractivity (Wildman–Crippen MR) is 148 cm³/mol. The molecule has 3 heterocycles. The van der Waals surface area contributed by atoms with Gasteiger partial charge in [-0.25, -0.2) is 8.57 Å². The van der Waals surface area contributed by atoms with Crippen molar-refractivity contribution < 1.29 is 21.8 Å². The Hall–Kier alpha value is -4.43. The quantitative estimate of drug-likeness (QED) is 0.228. The molecule has 2 atom stereocenters. The summed E-state index contributed by atoms with van der Waals surface area (Å²) in [5, 5.41) is 14.8. The molecule has 2 aliphatic rings. The summed E-state index contributed by atoms with van der Waals surface area (Å²) >= 11 is 0. The van der Waals surface area contributed by atoms with E-state index in [4.69, 9.17) is 9.44 Å². The minimum Gasteiger partial charge on any atom is -0.297 e. The summed E-state index contributed by atoms with van der Waals surface area (Å²) in [7, 11) is -4.29. The molecule has 1 aromatic heterocycles. The summed E-state index contributed by atoms with van der Waals surface area (Å²) in [6.45, 7) is 0.0105. The number of rotatable bonds is 5. The third-order valence-electron chi connectivity index (χ3n) is 7.68. The lowest BCUT2D eigenvalue weighted by Crippen LogP contribution is -2.62. The van der Waals surface area contributed by atoms with Crippen molar-refractivity contribution in [1.29, 1.82) is 5.26 Å². The number of hydrogen-bond acceptors (Lipinski definition) is 6. The van der Waals surface area contributed by atoms with Crippen molar-refractivity contribution in [2.24, 2.45) is 5.92 Å². The van der Waals surface area contributed by atoms with Crippen LogP contribution in [0.15, 0.2) is 85.1 Å². The smallest absolute Gasteiger partial charge is 0.297 e. The summed E-state index contributed by atoms with van der Waals surface area (Å²) in [5.74, 6) is -1.53. The van der Waals surface area contributed by atoms with Crippen molar-refractivity contribution in [2.45, 2.75) is 12.1 Å². The number of halogens is 1. The lowest BCUT2D eigenvalue weighted by atomic mass is 9.90. The maximum Gasteiger partial charge on any atom is 0.339 e. The second-order valence-corrected chi connectivity index (χ2v) is 11.6. The fourth-order valence-electron chi connectivity index (χ4n) is 5.61. The number of benzene rings is 4. The van der Waals surface area contributed by atoms with Gasteiger partial charge in [0.25, 0.3) is 5.91 Å². The van der Waals surface area contributed by atoms with E-state index >= 15 is 0 Å². The van der Waals surface area contributed by atoms with Gasteiger partial charge in [-0.1, -0.05) is 60.7 Å². The van der Waals surface area contributed by atoms with Gasteiger partial charge in [0.1, 0.15) is 11.9 Å². The van der Waals surface area contributed by atoms with Crippen LogP contribution in [0.3, 0.4) is 0 Å². The van der Waals surface area contributed by atoms with Gasteiger partial charge in [-0.05, 0) is 45.1 Å². The van der Waals surface area contributed by atoms with Crippen LogP contribution < -0.4 is 4.90 Å². The first-order valence-electron chi connectivity index (χ1n) is 12.7. The lowest BCUT2D eigenvalue weighted by molar-refractivity contribution is -0.135. The van der Waals surface area contributed by atoms with Crippen molar-refractivity contribution in [3.8, 4) is 6.07 Å². The SMILES string of the molecule is N#CC1CN(S(=O)(=O)O[C@H]2C(=O)N(c3cc4c5ccccc5ccc4c4ccccc34)[C@@H]2c2ccc(F)cn2)C1. The lowest BCUT2D eigenvalue weighted by Gasteiger charge is -2.47. The van der Waals surface area contributed by atoms with E-state index in [2.05, 4.69) is 17.1 Å². The summed E-state index contributed by atoms with van der Waals surface area (Å²) in [5.41, 5.74) is 0.869. The highest BCUT2D eigenvalue weighted by Gasteiger charge is 2.54. The van der Waals surface area contributed by atoms with Crippen LogP contribution in [0.5, 0.6) is 0 Å². The molecule has 2 saturated heterocycles. The molecule has 0 bridgehead atoms. The largest absolute Gasteiger partial charge is 0.339 e. The standard InChI is InChI=1S/C30H21FN4O4S/c31-20-10-12-26(33-15-20)28-29(39-40(37,38)34-16-18(14-32)17-34)30(36)35(28)27-13-25-21-6-2-1-5-19(21)9-11-23(25)22-7-3-4-8-24(22)27/h1-13,15,18,28-29H,16-17H2/t28-,29-/m1/s1. The van der Waals surface area contributed by atoms with E-state index in [1.54, 1.807) is 0 Å². The third kappa shape index (κ3) is 3.74. The van der Waals surface area contributed by atoms with E-state index < -0.39 is 40.1 Å². The Balaban J connectivity index is 1.38. The van der Waals surface area contributed by atoms with E-state index in [-0.39, 0.29) is 13.1 Å². The van der Waals surface area contributed by atoms with Crippen molar-refractivity contribution in [3.05, 3.63) is 96.6 Å². The Labute approximate surface area is 229 Å². The van der Waals surface area contributed by atoms with Crippen molar-refractivity contribution in [1.82, 2.24) is 9.29 Å². The molecule has 40 heavy (non-hydrogen) atoms. The molecular weight excluding hydrogens is 531 g/mol. The van der Waals surface area contributed by atoms with Crippen molar-refractivity contribution in [2.75, 3.05) is 18.0 Å². The Morgan fingerprint density at radius 3 is 2.33 bits per heavy atom. The molecular formula is C30H21FN4O4S. The number of carbonyl (C=O) groups excluding carboxylic acids is 1. The van der Waals surface area contributed by atoms with E-state index in [0.717, 1.165) is 42.8 Å². The Kier molecular flexibility index (Phi) is 5.57. The number of carbonyl (C=O) groups is 1. The van der Waals surface area contributed by atoms with Gasteiger partial charge in [0.15, 0.2) is 6.10 Å². The fourth-order valence-corrected chi connectivity index (χ4v) is 6.91. The molecule has 10 heteroatoms. The monoisotopic (exact) mass is 552 g/mol. The van der Waals surface area contributed by atoms with Crippen LogP contribution in [0.2, 0.25) is 0 Å². The topological polar surface area (TPSA) is 104 Å². The summed E-state index contributed by atoms with van der Waals surface area (Å²) in [6, 6.07) is 25.5. The van der Waals surface area contributed by atoms with Gasteiger partial charge in [-0.2, -0.15) is 18.0 Å². The van der Waals surface area contributed by atoms with Crippen molar-refractivity contribution in [3.63, 3.8) is 0 Å². The molecule has 2 aliphatic heterocycles. The second kappa shape index (κ2) is 9.06. The zero-order valence-electron chi connectivity index (χ0n) is 20.9. The normalized spacial score (nSPS) is 20.0. The van der Waals surface area contributed by atoms with Crippen LogP contribution in [0.1, 0.15) is 11.7 Å². The molecule has 0 N–H and O–H groups in total. The maximum atomic E-state index is 13.8. The van der Waals surface area contributed by atoms with Gasteiger partial charge < -0.3 is 0 Å². The van der Waals surface area contributed by atoms with Gasteiger partial charge >= 0.3 is 10.3 Å². The number of aromatic nitrogens is 1. The number of amides is 1. The Bertz CT molecular complexity index is 1990. The van der Waals surface area contributed by atoms with E-state index in [9.17, 15) is 17.6 Å². The van der Waals surface area contributed by atoms with Gasteiger partial charge in [-0.3, -0.25) is 14.7 Å². The molecule has 0 spiro atoms. The first kappa shape index (κ1) is 24.6. The number of nitrogens with zero attached hydrogens (tertiary/aromatic N) is 4. The van der Waals surface area contributed by atoms with Crippen LogP contribution in [0.4, 0.5) is 10.1 Å². The van der Waals surface area contributed by atoms with Crippen LogP contribution in [-0.4, -0.2) is 42.8 Å². The molecule has 0 saturated carbocycles. The maximum absolute atomic E-state index is 13.8. The van der Waals surface area contributed by atoms with Crippen LogP contribution in [0, 0.1) is 23.1 Å². The minimum atomic E-state index is -4.29. The molecule has 4 aromatic carbocycles. The summed E-state index contributed by atoms with van der Waals surface area (Å²) in [4.78, 5) is 19.4. The number of fused-ring (bicyclic) bond motifs is 5. The molecule has 8 nitrogen and oxygen atoms in total. The summed E-state index contributed by atoms with van der Waals surface area (Å²) < 4.78 is 46.2. The number of nitriles is 1. The number of anilines is 1. The molecule has 2 fully saturated rings. The average molecular weight is 553 g/mol. The highest BCUT2D eigenvalue weighted by Crippen LogP contribution is 2.46. The first-order valence-corrected chi connectivity index (χ1v) is 14.1. The zero-order valence-corrected chi connectivity index (χ0v) is 21.8. The van der Waals surface area contributed by atoms with Crippen molar-refractivity contribution >= 4 is 54.2 Å². The molecule has 1 amide bonds. The zero-order chi connectivity index (χ0) is 27.6. The Morgan fingerprint density at radius 1 is 0.900 bits per heavy atom. The molecule has 0 aliphatic carbocycles. The molecule has 0 radical (unpaired) electrons. The van der Waals surface area contributed by atoms with E-state index in [1.165, 1.54) is 17.0 Å². The highest BCUT2D eigenvalue weighted by atomic mass is 32.2. The first-order chi connectivity index (χ1) is 19.4. The van der Waals surface area contributed by atoms with Gasteiger partial charge in [0.2, 0.25) is 0 Å². The van der Waals surface area contributed by atoms with Crippen LogP contribution >= 0.6 is 0 Å². The van der Waals surface area contributed by atoms with Gasteiger partial charge in [-0.15, -0.1) is 0 Å². The molecule has 0 unspecified atom stereocenters. The highest BCUT2D eigenvalue weighted by molar-refractivity contribution is 7.84. The van der Waals surface area contributed by atoms with Crippen LogP contribution in [-0.2, 0) is 19.3 Å². The van der Waals surface area contributed by atoms with Gasteiger partial charge in [0.05, 0.1) is 29.6 Å².